The molecule has 0 atom stereocenters. The zero-order valence-corrected chi connectivity index (χ0v) is 9.65. The van der Waals surface area contributed by atoms with Gasteiger partial charge >= 0.3 is 6.18 Å². The van der Waals surface area contributed by atoms with Crippen molar-refractivity contribution < 1.29 is 13.2 Å². The molecular formula is C9H11F3N6. The van der Waals surface area contributed by atoms with Crippen molar-refractivity contribution in [2.24, 2.45) is 5.10 Å². The van der Waals surface area contributed by atoms with E-state index in [1.54, 1.807) is 14.1 Å². The number of pyridine rings is 1. The molecule has 0 aliphatic carbocycles. The Hall–Kier alpha value is -2.03. The highest BCUT2D eigenvalue weighted by Crippen LogP contribution is 2.33. The molecule has 0 spiro atoms. The first-order valence-corrected chi connectivity index (χ1v) is 4.94. The molecule has 0 bridgehead atoms. The molecule has 1 aliphatic heterocycles. The summed E-state index contributed by atoms with van der Waals surface area (Å²) in [5.41, 5.74) is 6.64. The van der Waals surface area contributed by atoms with Crippen LogP contribution in [-0.2, 0) is 6.18 Å². The molecule has 2 heterocycles. The zero-order chi connectivity index (χ0) is 13.5. The molecule has 3 N–H and O–H groups in total. The van der Waals surface area contributed by atoms with Crippen LogP contribution in [-0.4, -0.2) is 35.0 Å². The highest BCUT2D eigenvalue weighted by molar-refractivity contribution is 5.98. The van der Waals surface area contributed by atoms with Gasteiger partial charge in [0.15, 0.2) is 5.84 Å². The first kappa shape index (κ1) is 12.4. The summed E-state index contributed by atoms with van der Waals surface area (Å²) >= 11 is 0. The summed E-state index contributed by atoms with van der Waals surface area (Å²) in [6, 6.07) is 0.844. The predicted octanol–water partition coefficient (Wildman–Crippen LogP) is 0.641. The minimum atomic E-state index is -4.54. The topological polar surface area (TPSA) is 69.8 Å². The van der Waals surface area contributed by atoms with Gasteiger partial charge in [0.25, 0.3) is 0 Å². The van der Waals surface area contributed by atoms with Crippen molar-refractivity contribution >= 4 is 11.5 Å². The van der Waals surface area contributed by atoms with Crippen molar-refractivity contribution in [2.75, 3.05) is 19.8 Å². The Kier molecular flexibility index (Phi) is 2.77. The normalized spacial score (nSPS) is 16.7. The van der Waals surface area contributed by atoms with Gasteiger partial charge in [-0.25, -0.2) is 5.53 Å². The van der Waals surface area contributed by atoms with Gasteiger partial charge < -0.3 is 5.73 Å². The van der Waals surface area contributed by atoms with Crippen LogP contribution in [0.15, 0.2) is 17.4 Å². The van der Waals surface area contributed by atoms with Gasteiger partial charge in [-0.05, 0) is 6.07 Å². The summed E-state index contributed by atoms with van der Waals surface area (Å²) in [6.45, 7) is 0. The fraction of sp³-hybridized carbons (Fsp3) is 0.333. The number of anilines is 1. The van der Waals surface area contributed by atoms with Crippen molar-refractivity contribution in [3.8, 4) is 0 Å². The Bertz CT molecular complexity index is 498. The Balaban J connectivity index is 2.52. The smallest absolute Gasteiger partial charge is 0.397 e. The van der Waals surface area contributed by atoms with Crippen LogP contribution in [0.25, 0.3) is 0 Å². The molecular weight excluding hydrogens is 249 g/mol. The minimum absolute atomic E-state index is 0.0476. The van der Waals surface area contributed by atoms with E-state index in [4.69, 9.17) is 5.73 Å². The average molecular weight is 260 g/mol. The van der Waals surface area contributed by atoms with Crippen molar-refractivity contribution in [1.82, 2.24) is 20.6 Å². The van der Waals surface area contributed by atoms with Gasteiger partial charge in [-0.15, -0.1) is 10.2 Å². The van der Waals surface area contributed by atoms with E-state index in [9.17, 15) is 13.2 Å². The Morgan fingerprint density at radius 1 is 1.33 bits per heavy atom. The molecule has 0 saturated heterocycles. The third-order valence-corrected chi connectivity index (χ3v) is 2.48. The number of halogens is 3. The number of aromatic nitrogens is 1. The van der Waals surface area contributed by atoms with Crippen LogP contribution in [0.5, 0.6) is 0 Å². The van der Waals surface area contributed by atoms with E-state index in [2.05, 4.69) is 15.6 Å². The maximum absolute atomic E-state index is 12.9. The molecule has 98 valence electrons. The molecule has 9 heteroatoms. The van der Waals surface area contributed by atoms with Crippen LogP contribution in [0.2, 0.25) is 0 Å². The van der Waals surface area contributed by atoms with Gasteiger partial charge in [0.05, 0.1) is 17.4 Å². The molecule has 2 rings (SSSR count). The molecule has 18 heavy (non-hydrogen) atoms. The lowest BCUT2D eigenvalue weighted by molar-refractivity contribution is -0.138. The predicted molar refractivity (Wildman–Crippen MR) is 58.9 cm³/mol. The fourth-order valence-corrected chi connectivity index (χ4v) is 1.48. The summed E-state index contributed by atoms with van der Waals surface area (Å²) in [5.74, 6) is 0.0739. The van der Waals surface area contributed by atoms with Crippen LogP contribution in [0.1, 0.15) is 11.3 Å². The quantitative estimate of drug-likeness (QED) is 0.775. The number of rotatable bonds is 1. The Morgan fingerprint density at radius 2 is 2.00 bits per heavy atom. The molecule has 1 aromatic heterocycles. The Labute approximate surface area is 101 Å². The highest BCUT2D eigenvalue weighted by atomic mass is 19.4. The monoisotopic (exact) mass is 260 g/mol. The molecule has 0 aromatic carbocycles. The van der Waals surface area contributed by atoms with Crippen LogP contribution in [0.3, 0.4) is 0 Å². The lowest BCUT2D eigenvalue weighted by Gasteiger charge is -2.21. The van der Waals surface area contributed by atoms with E-state index >= 15 is 0 Å². The fourth-order valence-electron chi connectivity index (χ4n) is 1.48. The number of nitrogen functional groups attached to an aromatic ring is 1. The average Bonchev–Trinajstić information content (AvgIpc) is 2.59. The SMILES string of the molecule is CN1NN=C(c2ncc(N)cc2C(F)(F)F)N1C. The van der Waals surface area contributed by atoms with E-state index in [0.29, 0.717) is 0 Å². The number of amidine groups is 1. The van der Waals surface area contributed by atoms with Gasteiger partial charge in [-0.3, -0.25) is 9.99 Å². The summed E-state index contributed by atoms with van der Waals surface area (Å²) in [5, 5.41) is 6.62. The number of hydrogen-bond acceptors (Lipinski definition) is 6. The second kappa shape index (κ2) is 4.02. The van der Waals surface area contributed by atoms with Crippen LogP contribution < -0.4 is 11.3 Å². The van der Waals surface area contributed by atoms with Crippen LogP contribution in [0, 0.1) is 0 Å². The number of nitrogens with one attached hydrogen (secondary N) is 1. The molecule has 0 amide bonds. The van der Waals surface area contributed by atoms with Gasteiger partial charge in [-0.1, -0.05) is 0 Å². The van der Waals surface area contributed by atoms with E-state index < -0.39 is 11.7 Å². The van der Waals surface area contributed by atoms with Crippen molar-refractivity contribution in [1.29, 1.82) is 0 Å². The second-order valence-electron chi connectivity index (χ2n) is 3.75. The van der Waals surface area contributed by atoms with Gasteiger partial charge in [0.2, 0.25) is 0 Å². The number of nitrogens with two attached hydrogens (primary N) is 1. The lowest BCUT2D eigenvalue weighted by Crippen LogP contribution is -2.40. The molecule has 0 unspecified atom stereocenters. The Morgan fingerprint density at radius 3 is 2.50 bits per heavy atom. The third kappa shape index (κ3) is 2.04. The minimum Gasteiger partial charge on any atom is -0.397 e. The lowest BCUT2D eigenvalue weighted by atomic mass is 10.1. The summed E-state index contributed by atoms with van der Waals surface area (Å²) in [6.07, 6.45) is -3.37. The summed E-state index contributed by atoms with van der Waals surface area (Å²) < 4.78 is 38.7. The molecule has 1 aliphatic rings. The standard InChI is InChI=1S/C9H11F3N6/c1-17-8(15-16-18(17)2)7-6(9(10,11)12)3-5(13)4-14-7/h3-4,16H,13H2,1-2H3. The number of nitrogens with zero attached hydrogens (tertiary/aromatic N) is 4. The summed E-state index contributed by atoms with van der Waals surface area (Å²) in [4.78, 5) is 3.73. The largest absolute Gasteiger partial charge is 0.418 e. The number of hydrazone groups is 1. The van der Waals surface area contributed by atoms with Crippen molar-refractivity contribution in [2.45, 2.75) is 6.18 Å². The number of alkyl halides is 3. The van der Waals surface area contributed by atoms with Gasteiger partial charge in [0.1, 0.15) is 5.69 Å². The first-order valence-electron chi connectivity index (χ1n) is 4.94. The summed E-state index contributed by atoms with van der Waals surface area (Å²) in [7, 11) is 3.18. The number of hydrogen-bond donors (Lipinski definition) is 2. The van der Waals surface area contributed by atoms with Crippen molar-refractivity contribution in [3.63, 3.8) is 0 Å². The van der Waals surface area contributed by atoms with Crippen molar-refractivity contribution in [3.05, 3.63) is 23.5 Å². The molecule has 1 aromatic rings. The maximum Gasteiger partial charge on any atom is 0.418 e. The maximum atomic E-state index is 12.9. The van der Waals surface area contributed by atoms with E-state index in [-0.39, 0.29) is 17.2 Å². The second-order valence-corrected chi connectivity index (χ2v) is 3.75. The third-order valence-electron chi connectivity index (χ3n) is 2.48. The highest BCUT2D eigenvalue weighted by Gasteiger charge is 2.37. The van der Waals surface area contributed by atoms with Crippen LogP contribution in [0.4, 0.5) is 18.9 Å². The molecule has 0 saturated carbocycles. The molecule has 6 nitrogen and oxygen atoms in total. The number of hydrazine groups is 2. The zero-order valence-electron chi connectivity index (χ0n) is 9.65. The molecule has 0 radical (unpaired) electrons. The van der Waals surface area contributed by atoms with E-state index in [1.165, 1.54) is 16.3 Å². The van der Waals surface area contributed by atoms with E-state index in [0.717, 1.165) is 6.07 Å². The van der Waals surface area contributed by atoms with Gasteiger partial charge in [-0.2, -0.15) is 13.2 Å². The van der Waals surface area contributed by atoms with Gasteiger partial charge in [0, 0.05) is 14.1 Å². The van der Waals surface area contributed by atoms with Crippen LogP contribution >= 0.6 is 0 Å². The molecule has 0 fully saturated rings. The van der Waals surface area contributed by atoms with E-state index in [1.807, 2.05) is 0 Å². The first-order chi connectivity index (χ1) is 8.30.